The molecule has 1 aliphatic rings. The smallest absolute Gasteiger partial charge is 0.503 e. The lowest BCUT2D eigenvalue weighted by molar-refractivity contribution is 0.424. The molecule has 0 atom stereocenters. The number of hydrogen-bond donors (Lipinski definition) is 0. The van der Waals surface area contributed by atoms with Crippen LogP contribution in [0.4, 0.5) is 0 Å². The first-order chi connectivity index (χ1) is 18.4. The first kappa shape index (κ1) is 23.1. The zero-order valence-corrected chi connectivity index (χ0v) is 21.0. The van der Waals surface area contributed by atoms with Crippen LogP contribution in [0.15, 0.2) is 151 Å². The molecule has 0 aromatic heterocycles. The summed E-state index contributed by atoms with van der Waals surface area (Å²) in [6, 6.07) is 49.2. The van der Waals surface area contributed by atoms with E-state index in [1.807, 2.05) is 77.5 Å². The maximum Gasteiger partial charge on any atom is 0.759 e. The van der Waals surface area contributed by atoms with E-state index in [9.17, 15) is 0 Å². The summed E-state index contributed by atoms with van der Waals surface area (Å²) in [7, 11) is -1.88. The Balaban J connectivity index is 1.55. The molecule has 0 N–H and O–H groups in total. The van der Waals surface area contributed by atoms with Gasteiger partial charge < -0.3 is 9.31 Å². The summed E-state index contributed by atoms with van der Waals surface area (Å²) in [5, 5.41) is 7.66. The molecule has 5 aromatic rings. The Kier molecular flexibility index (Phi) is 6.70. The van der Waals surface area contributed by atoms with E-state index < -0.39 is 15.3 Å². The average Bonchev–Trinajstić information content (AvgIpc) is 3.41. The van der Waals surface area contributed by atoms with Gasteiger partial charge in [-0.15, -0.1) is 0 Å². The maximum atomic E-state index is 6.38. The Bertz CT molecular complexity index is 1380. The van der Waals surface area contributed by atoms with Gasteiger partial charge in [0.15, 0.2) is 0 Å². The zero-order valence-electron chi connectivity index (χ0n) is 20.1. The molecule has 1 aliphatic heterocycles. The summed E-state index contributed by atoms with van der Waals surface area (Å²) in [4.78, 5) is 0. The summed E-state index contributed by atoms with van der Waals surface area (Å²) in [5.74, 6) is 1.43. The lowest BCUT2D eigenvalue weighted by Gasteiger charge is -2.31. The highest BCUT2D eigenvalue weighted by molar-refractivity contribution is 7.72. The molecule has 0 unspecified atom stereocenters. The number of rotatable bonds is 7. The van der Waals surface area contributed by atoms with Crippen molar-refractivity contribution in [3.05, 3.63) is 157 Å². The molecule has 0 radical (unpaired) electrons. The van der Waals surface area contributed by atoms with Gasteiger partial charge in [-0.25, -0.2) is 4.69 Å². The zero-order chi connectivity index (χ0) is 24.9. The highest BCUT2D eigenvalue weighted by Gasteiger charge is 2.45. The van der Waals surface area contributed by atoms with Crippen LogP contribution in [-0.2, 0) is 0 Å². The first-order valence-electron chi connectivity index (χ1n) is 12.2. The summed E-state index contributed by atoms with van der Waals surface area (Å²) >= 11 is 0. The number of fused-ring (bicyclic) bond motifs is 1. The fourth-order valence-electron chi connectivity index (χ4n) is 4.27. The highest BCUT2D eigenvalue weighted by Crippen LogP contribution is 2.44. The molecule has 0 fully saturated rings. The van der Waals surface area contributed by atoms with Crippen LogP contribution < -0.4 is 19.9 Å². The number of para-hydroxylation sites is 2. The standard InChI is InChI=1S/C31H24BN2O2P/c1-5-15-25(16-6-1)31(26-17-7-2-8-18-26)33-34(32-35-29-23-13-14-24-30(29)36-32)37(27-19-9-3-10-20-27)28-21-11-4-12-22-28/h1-24H. The van der Waals surface area contributed by atoms with Crippen molar-refractivity contribution in [3.63, 3.8) is 0 Å². The second kappa shape index (κ2) is 10.7. The molecule has 37 heavy (non-hydrogen) atoms. The van der Waals surface area contributed by atoms with Gasteiger partial charge in [0, 0.05) is 21.7 Å². The number of nitrogens with zero attached hydrogens (tertiary/aromatic N) is 2. The Hall–Kier alpha value is -4.34. The molecule has 0 amide bonds. The third kappa shape index (κ3) is 5.00. The van der Waals surface area contributed by atoms with Crippen molar-refractivity contribution in [2.45, 2.75) is 0 Å². The molecule has 6 heteroatoms. The van der Waals surface area contributed by atoms with Gasteiger partial charge in [-0.2, -0.15) is 5.10 Å². The van der Waals surface area contributed by atoms with E-state index in [2.05, 4.69) is 72.8 Å². The van der Waals surface area contributed by atoms with E-state index in [4.69, 9.17) is 14.4 Å². The Labute approximate surface area is 218 Å². The van der Waals surface area contributed by atoms with E-state index in [1.54, 1.807) is 0 Å². The molecule has 0 aliphatic carbocycles. The summed E-state index contributed by atoms with van der Waals surface area (Å²) < 4.78 is 14.8. The first-order valence-corrected chi connectivity index (χ1v) is 13.5. The molecular weight excluding hydrogens is 474 g/mol. The van der Waals surface area contributed by atoms with Gasteiger partial charge in [-0.1, -0.05) is 133 Å². The lowest BCUT2D eigenvalue weighted by Crippen LogP contribution is -2.44. The minimum absolute atomic E-state index is 0.713. The molecule has 5 aromatic carbocycles. The van der Waals surface area contributed by atoms with Gasteiger partial charge in [0.1, 0.15) is 11.5 Å². The SMILES string of the molecule is c1ccc(C(=NN(B2Oc3ccccc3O2)P(c2ccccc2)c2ccccc2)c2ccccc2)cc1. The fraction of sp³-hybridized carbons (Fsp3) is 0. The van der Waals surface area contributed by atoms with Crippen LogP contribution in [0, 0.1) is 0 Å². The van der Waals surface area contributed by atoms with Crippen LogP contribution in [0.3, 0.4) is 0 Å². The molecule has 0 spiro atoms. The quantitative estimate of drug-likeness (QED) is 0.115. The molecule has 178 valence electrons. The molecule has 0 saturated heterocycles. The number of benzene rings is 5. The minimum Gasteiger partial charge on any atom is -0.503 e. The summed E-state index contributed by atoms with van der Waals surface area (Å²) in [5.41, 5.74) is 2.89. The monoisotopic (exact) mass is 498 g/mol. The Morgan fingerprint density at radius 1 is 0.514 bits per heavy atom. The van der Waals surface area contributed by atoms with Gasteiger partial charge >= 0.3 is 7.25 Å². The second-order valence-corrected chi connectivity index (χ2v) is 10.5. The van der Waals surface area contributed by atoms with Gasteiger partial charge in [0.05, 0.1) is 13.8 Å². The molecule has 1 heterocycles. The molecule has 4 nitrogen and oxygen atoms in total. The average molecular weight is 498 g/mol. The molecular formula is C31H24BN2O2P. The van der Waals surface area contributed by atoms with Crippen LogP contribution in [0.2, 0.25) is 0 Å². The fourth-order valence-corrected chi connectivity index (χ4v) is 6.41. The van der Waals surface area contributed by atoms with Crippen LogP contribution in [0.5, 0.6) is 11.5 Å². The predicted molar refractivity (Wildman–Crippen MR) is 153 cm³/mol. The van der Waals surface area contributed by atoms with E-state index in [1.165, 1.54) is 0 Å². The van der Waals surface area contributed by atoms with Crippen molar-refractivity contribution in [1.82, 2.24) is 4.69 Å². The van der Waals surface area contributed by atoms with Crippen molar-refractivity contribution < 1.29 is 9.31 Å². The second-order valence-electron chi connectivity index (χ2n) is 8.47. The topological polar surface area (TPSA) is 34.1 Å². The van der Waals surface area contributed by atoms with Gasteiger partial charge in [-0.3, -0.25) is 0 Å². The predicted octanol–water partition coefficient (Wildman–Crippen LogP) is 6.25. The van der Waals surface area contributed by atoms with Gasteiger partial charge in [0.2, 0.25) is 0 Å². The maximum absolute atomic E-state index is 6.38. The number of hydrogen-bond acceptors (Lipinski definition) is 4. The van der Waals surface area contributed by atoms with Crippen molar-refractivity contribution in [1.29, 1.82) is 0 Å². The molecule has 6 rings (SSSR count). The third-order valence-electron chi connectivity index (χ3n) is 6.00. The van der Waals surface area contributed by atoms with E-state index >= 15 is 0 Å². The number of hydrazone groups is 1. The van der Waals surface area contributed by atoms with E-state index in [0.29, 0.717) is 11.5 Å². The van der Waals surface area contributed by atoms with Crippen LogP contribution in [0.25, 0.3) is 0 Å². The van der Waals surface area contributed by atoms with Crippen LogP contribution in [-0.4, -0.2) is 17.7 Å². The summed E-state index contributed by atoms with van der Waals surface area (Å²) in [6.07, 6.45) is 0. The van der Waals surface area contributed by atoms with Crippen molar-refractivity contribution in [2.24, 2.45) is 5.10 Å². The largest absolute Gasteiger partial charge is 0.759 e. The third-order valence-corrected chi connectivity index (χ3v) is 8.26. The van der Waals surface area contributed by atoms with Crippen molar-refractivity contribution in [2.75, 3.05) is 0 Å². The molecule has 0 saturated carbocycles. The molecule has 0 bridgehead atoms. The minimum atomic E-state index is -1.15. The summed E-state index contributed by atoms with van der Waals surface area (Å²) in [6.45, 7) is 0. The van der Waals surface area contributed by atoms with E-state index in [0.717, 1.165) is 27.4 Å². The Morgan fingerprint density at radius 3 is 1.32 bits per heavy atom. The highest BCUT2D eigenvalue weighted by atomic mass is 31.1. The van der Waals surface area contributed by atoms with Gasteiger partial charge in [0.25, 0.3) is 0 Å². The van der Waals surface area contributed by atoms with Crippen molar-refractivity contribution >= 4 is 31.6 Å². The van der Waals surface area contributed by atoms with Crippen molar-refractivity contribution in [3.8, 4) is 11.5 Å². The lowest BCUT2D eigenvalue weighted by atomic mass is 10.0. The van der Waals surface area contributed by atoms with E-state index in [-0.39, 0.29) is 0 Å². The Morgan fingerprint density at radius 2 is 0.892 bits per heavy atom. The normalized spacial score (nSPS) is 11.9. The van der Waals surface area contributed by atoms with Gasteiger partial charge in [-0.05, 0) is 12.1 Å². The van der Waals surface area contributed by atoms with Crippen LogP contribution in [0.1, 0.15) is 11.1 Å². The van der Waals surface area contributed by atoms with Crippen LogP contribution >= 0.6 is 8.07 Å².